The Morgan fingerprint density at radius 1 is 1.03 bits per heavy atom. The van der Waals surface area contributed by atoms with E-state index in [1.807, 2.05) is 0 Å². The van der Waals surface area contributed by atoms with Crippen LogP contribution in [0.1, 0.15) is 18.1 Å². The summed E-state index contributed by atoms with van der Waals surface area (Å²) in [6.45, 7) is 2.27. The first-order valence-corrected chi connectivity index (χ1v) is 11.6. The molecule has 10 heteroatoms. The molecule has 3 aromatic carbocycles. The highest BCUT2D eigenvalue weighted by atomic mass is 79.9. The predicted molar refractivity (Wildman–Crippen MR) is 133 cm³/mol. The van der Waals surface area contributed by atoms with E-state index >= 15 is 0 Å². The van der Waals surface area contributed by atoms with Crippen LogP contribution in [0.5, 0.6) is 17.2 Å². The number of ether oxygens (including phenoxy) is 2. The van der Waals surface area contributed by atoms with Gasteiger partial charge in [0.2, 0.25) is 0 Å². The van der Waals surface area contributed by atoms with Gasteiger partial charge < -0.3 is 14.6 Å². The van der Waals surface area contributed by atoms with Gasteiger partial charge in [0.25, 0.3) is 11.8 Å². The van der Waals surface area contributed by atoms with E-state index in [9.17, 15) is 23.9 Å². The van der Waals surface area contributed by atoms with Gasteiger partial charge in [0, 0.05) is 0 Å². The van der Waals surface area contributed by atoms with E-state index < -0.39 is 17.8 Å². The minimum Gasteiger partial charge on any atom is -0.508 e. The van der Waals surface area contributed by atoms with E-state index in [1.165, 1.54) is 42.5 Å². The summed E-state index contributed by atoms with van der Waals surface area (Å²) >= 11 is 3.45. The molecular weight excluding hydrogens is 535 g/mol. The third-order valence-electron chi connectivity index (χ3n) is 5.15. The number of nitrogens with one attached hydrogen (secondary N) is 1. The number of aromatic hydroxyl groups is 1. The molecule has 1 aliphatic heterocycles. The van der Waals surface area contributed by atoms with Crippen LogP contribution in [-0.2, 0) is 16.2 Å². The topological polar surface area (TPSA) is 105 Å². The van der Waals surface area contributed by atoms with Gasteiger partial charge in [0.1, 0.15) is 23.7 Å². The van der Waals surface area contributed by atoms with Crippen molar-refractivity contribution in [2.75, 3.05) is 11.5 Å². The number of hydrogen-bond donors (Lipinski definition) is 2. The van der Waals surface area contributed by atoms with Crippen molar-refractivity contribution in [1.29, 1.82) is 0 Å². The molecule has 0 unspecified atom stereocenters. The van der Waals surface area contributed by atoms with E-state index in [-0.39, 0.29) is 29.4 Å². The Morgan fingerprint density at radius 2 is 1.72 bits per heavy atom. The van der Waals surface area contributed by atoms with Crippen LogP contribution in [0.3, 0.4) is 0 Å². The van der Waals surface area contributed by atoms with Crippen LogP contribution in [0.4, 0.5) is 14.9 Å². The fourth-order valence-electron chi connectivity index (χ4n) is 3.47. The minimum atomic E-state index is -0.895. The lowest BCUT2D eigenvalue weighted by Crippen LogP contribution is -2.54. The van der Waals surface area contributed by atoms with Crippen LogP contribution < -0.4 is 19.7 Å². The van der Waals surface area contributed by atoms with Gasteiger partial charge in [0.15, 0.2) is 11.5 Å². The summed E-state index contributed by atoms with van der Waals surface area (Å²) < 4.78 is 25.3. The molecule has 1 fully saturated rings. The lowest BCUT2D eigenvalue weighted by molar-refractivity contribution is -0.122. The van der Waals surface area contributed by atoms with Crippen molar-refractivity contribution in [3.8, 4) is 17.2 Å². The van der Waals surface area contributed by atoms with Crippen molar-refractivity contribution in [3.63, 3.8) is 0 Å². The van der Waals surface area contributed by atoms with Crippen LogP contribution in [0.15, 0.2) is 70.7 Å². The summed E-state index contributed by atoms with van der Waals surface area (Å²) in [6, 6.07) is 13.7. The summed E-state index contributed by atoms with van der Waals surface area (Å²) in [5.41, 5.74) is 1.12. The number of carbonyl (C=O) groups excluding carboxylic acids is 3. The molecule has 2 N–H and O–H groups in total. The normalized spacial score (nSPS) is 14.7. The number of phenols is 1. The summed E-state index contributed by atoms with van der Waals surface area (Å²) in [5.74, 6) is -1.30. The Hall–Kier alpha value is -4.18. The number of phenolic OH excluding ortho intramolecular Hbond substituents is 1. The smallest absolute Gasteiger partial charge is 0.335 e. The lowest BCUT2D eigenvalue weighted by atomic mass is 10.1. The molecule has 1 heterocycles. The zero-order valence-electron chi connectivity index (χ0n) is 19.0. The molecule has 0 aliphatic carbocycles. The maximum absolute atomic E-state index is 13.2. The van der Waals surface area contributed by atoms with E-state index in [1.54, 1.807) is 31.2 Å². The quantitative estimate of drug-likeness (QED) is 0.316. The molecular formula is C26H20BrFN2O6. The van der Waals surface area contributed by atoms with Crippen LogP contribution in [-0.4, -0.2) is 29.6 Å². The van der Waals surface area contributed by atoms with Crippen LogP contribution in [0.2, 0.25) is 0 Å². The zero-order valence-corrected chi connectivity index (χ0v) is 20.5. The SMILES string of the molecule is CCOc1cc(/C=C2\C(=O)NC(=O)N(c3ccc(O)cc3)C2=O)cc(Br)c1OCc1ccc(F)cc1. The molecule has 184 valence electrons. The number of amides is 4. The molecule has 0 aromatic heterocycles. The molecule has 8 nitrogen and oxygen atoms in total. The Morgan fingerprint density at radius 3 is 2.39 bits per heavy atom. The number of barbiturate groups is 1. The molecule has 0 bridgehead atoms. The summed E-state index contributed by atoms with van der Waals surface area (Å²) in [6.07, 6.45) is 1.34. The number of nitrogens with zero attached hydrogens (tertiary/aromatic N) is 1. The van der Waals surface area contributed by atoms with Crippen molar-refractivity contribution < 1.29 is 33.4 Å². The van der Waals surface area contributed by atoms with Gasteiger partial charge in [0.05, 0.1) is 16.8 Å². The monoisotopic (exact) mass is 554 g/mol. The molecule has 0 radical (unpaired) electrons. The molecule has 1 aliphatic rings. The van der Waals surface area contributed by atoms with Gasteiger partial charge in [-0.3, -0.25) is 14.9 Å². The Balaban J connectivity index is 1.65. The third-order valence-corrected chi connectivity index (χ3v) is 5.74. The van der Waals surface area contributed by atoms with Gasteiger partial charge in [-0.2, -0.15) is 0 Å². The molecule has 0 atom stereocenters. The van der Waals surface area contributed by atoms with Crippen molar-refractivity contribution in [2.24, 2.45) is 0 Å². The van der Waals surface area contributed by atoms with Gasteiger partial charge in [-0.15, -0.1) is 0 Å². The van der Waals surface area contributed by atoms with Crippen molar-refractivity contribution >= 4 is 45.5 Å². The lowest BCUT2D eigenvalue weighted by Gasteiger charge is -2.26. The molecule has 1 saturated heterocycles. The first-order valence-electron chi connectivity index (χ1n) is 10.8. The van der Waals surface area contributed by atoms with Crippen molar-refractivity contribution in [2.45, 2.75) is 13.5 Å². The second kappa shape index (κ2) is 10.6. The number of carbonyl (C=O) groups is 3. The first kappa shape index (κ1) is 24.9. The number of rotatable bonds is 7. The Kier molecular flexibility index (Phi) is 7.35. The summed E-state index contributed by atoms with van der Waals surface area (Å²) in [7, 11) is 0. The van der Waals surface area contributed by atoms with Crippen molar-refractivity contribution in [1.82, 2.24) is 5.32 Å². The molecule has 36 heavy (non-hydrogen) atoms. The number of benzene rings is 3. The minimum absolute atomic E-state index is 0.0366. The molecule has 4 amide bonds. The van der Waals surface area contributed by atoms with Crippen LogP contribution in [0, 0.1) is 5.82 Å². The molecule has 0 spiro atoms. The van der Waals surface area contributed by atoms with Gasteiger partial charge >= 0.3 is 6.03 Å². The van der Waals surface area contributed by atoms with E-state index in [4.69, 9.17) is 9.47 Å². The standard InChI is InChI=1S/C26H20BrFN2O6/c1-2-35-22-13-16(12-21(27)23(22)36-14-15-3-5-17(28)6-4-15)11-20-24(32)29-26(34)30(25(20)33)18-7-9-19(31)10-8-18/h3-13,31H,2,14H2,1H3,(H,29,32,34)/b20-11+. The largest absolute Gasteiger partial charge is 0.508 e. The maximum Gasteiger partial charge on any atom is 0.335 e. The highest BCUT2D eigenvalue weighted by molar-refractivity contribution is 9.10. The second-order valence-corrected chi connectivity index (χ2v) is 8.51. The number of imide groups is 2. The zero-order chi connectivity index (χ0) is 25.8. The predicted octanol–water partition coefficient (Wildman–Crippen LogP) is 4.94. The number of anilines is 1. The average Bonchev–Trinajstić information content (AvgIpc) is 2.83. The van der Waals surface area contributed by atoms with Gasteiger partial charge in [-0.25, -0.2) is 14.1 Å². The molecule has 3 aromatic rings. The summed E-state index contributed by atoms with van der Waals surface area (Å²) in [4.78, 5) is 38.8. The molecule has 0 saturated carbocycles. The number of urea groups is 1. The number of hydrogen-bond acceptors (Lipinski definition) is 6. The van der Waals surface area contributed by atoms with E-state index in [0.717, 1.165) is 10.5 Å². The fraction of sp³-hybridized carbons (Fsp3) is 0.115. The first-order chi connectivity index (χ1) is 17.3. The Bertz CT molecular complexity index is 1360. The highest BCUT2D eigenvalue weighted by Gasteiger charge is 2.36. The average molecular weight is 555 g/mol. The third kappa shape index (κ3) is 5.38. The van der Waals surface area contributed by atoms with E-state index in [0.29, 0.717) is 28.1 Å². The van der Waals surface area contributed by atoms with Crippen LogP contribution >= 0.6 is 15.9 Å². The second-order valence-electron chi connectivity index (χ2n) is 7.65. The van der Waals surface area contributed by atoms with Gasteiger partial charge in [-0.1, -0.05) is 12.1 Å². The fourth-order valence-corrected chi connectivity index (χ4v) is 4.04. The Labute approximate surface area is 214 Å². The van der Waals surface area contributed by atoms with Crippen LogP contribution in [0.25, 0.3) is 6.08 Å². The summed E-state index contributed by atoms with van der Waals surface area (Å²) in [5, 5.41) is 11.7. The highest BCUT2D eigenvalue weighted by Crippen LogP contribution is 2.38. The van der Waals surface area contributed by atoms with Gasteiger partial charge in [-0.05, 0) is 88.6 Å². The van der Waals surface area contributed by atoms with E-state index in [2.05, 4.69) is 21.2 Å². The maximum atomic E-state index is 13.2. The molecule has 4 rings (SSSR count). The number of halogens is 2. The van der Waals surface area contributed by atoms with Crippen molar-refractivity contribution in [3.05, 3.63) is 87.7 Å².